The number of hydrogen-bond acceptors (Lipinski definition) is 9. The fourth-order valence-electron chi connectivity index (χ4n) is 9.78. The second kappa shape index (κ2) is 14.2. The number of allylic oxidation sites excluding steroid dienone is 5. The Morgan fingerprint density at radius 3 is 2.33 bits per heavy atom. The van der Waals surface area contributed by atoms with Gasteiger partial charge in [0, 0.05) is 6.42 Å². The van der Waals surface area contributed by atoms with Crippen molar-refractivity contribution < 1.29 is 44.2 Å². The maximum Gasteiger partial charge on any atom is 0.311 e. The molecule has 4 aliphatic rings. The minimum absolute atomic E-state index is 0.00897. The van der Waals surface area contributed by atoms with Gasteiger partial charge in [-0.15, -0.1) is 0 Å². The zero-order valence-corrected chi connectivity index (χ0v) is 29.0. The van der Waals surface area contributed by atoms with E-state index in [0.29, 0.717) is 25.7 Å². The average molecular weight is 647 g/mol. The number of methoxy groups -OCH3 is 1. The molecular formula is C37H58O9. The Kier molecular flexibility index (Phi) is 11.4. The second-order valence-electron chi connectivity index (χ2n) is 15.4. The first-order valence-corrected chi connectivity index (χ1v) is 17.1. The highest BCUT2D eigenvalue weighted by Crippen LogP contribution is 2.71. The first-order chi connectivity index (χ1) is 21.5. The van der Waals surface area contributed by atoms with Gasteiger partial charge in [0.05, 0.1) is 19.6 Å². The number of carbonyl (C=O) groups excluding carboxylic acids is 2. The normalized spacial score (nSPS) is 39.6. The van der Waals surface area contributed by atoms with E-state index in [2.05, 4.69) is 40.3 Å². The van der Waals surface area contributed by atoms with Crippen LogP contribution < -0.4 is 0 Å². The standard InChI is InChI=1S/C37H58O9/c1-21(2)10-9-11-23(33(43)46-34-32(42)31(41)30(40)28(20-38)45-34)25-14-18-37(7)27-13-12-24(22(3)4)35(5,17-16-29(39)44-8)26(27)15-19-36(25,37)6/h10,23-25,28,30-32,34,38,40-42H,3,9,11-20H2,1-2,4-8H3/t23-,24+,25-,28-,30-,31+,32-,34+,35+,36-,37+/m1/s1. The van der Waals surface area contributed by atoms with Crippen LogP contribution in [0.3, 0.4) is 0 Å². The summed E-state index contributed by atoms with van der Waals surface area (Å²) in [6, 6.07) is 0. The number of ether oxygens (including phenoxy) is 3. The maximum atomic E-state index is 14.1. The molecule has 0 unspecified atom stereocenters. The summed E-state index contributed by atoms with van der Waals surface area (Å²) in [5.74, 6) is -0.870. The Morgan fingerprint density at radius 2 is 1.72 bits per heavy atom. The van der Waals surface area contributed by atoms with Gasteiger partial charge < -0.3 is 34.6 Å². The Balaban J connectivity index is 1.68. The van der Waals surface area contributed by atoms with Gasteiger partial charge in [0.1, 0.15) is 24.4 Å². The minimum Gasteiger partial charge on any atom is -0.469 e. The monoisotopic (exact) mass is 646 g/mol. The fourth-order valence-corrected chi connectivity index (χ4v) is 9.78. The third-order valence-electron chi connectivity index (χ3n) is 12.7. The lowest BCUT2D eigenvalue weighted by Crippen LogP contribution is -2.59. The van der Waals surface area contributed by atoms with Crippen LogP contribution in [-0.4, -0.2) is 76.8 Å². The zero-order valence-electron chi connectivity index (χ0n) is 29.0. The fraction of sp³-hybridized carbons (Fsp3) is 0.784. The van der Waals surface area contributed by atoms with Crippen molar-refractivity contribution in [3.05, 3.63) is 34.9 Å². The number of aliphatic hydroxyl groups excluding tert-OH is 4. The van der Waals surface area contributed by atoms with Gasteiger partial charge >= 0.3 is 11.9 Å². The molecule has 3 aliphatic carbocycles. The van der Waals surface area contributed by atoms with Gasteiger partial charge in [-0.25, -0.2) is 0 Å². The van der Waals surface area contributed by atoms with Crippen molar-refractivity contribution >= 4 is 11.9 Å². The summed E-state index contributed by atoms with van der Waals surface area (Å²) in [4.78, 5) is 26.4. The van der Waals surface area contributed by atoms with Crippen LogP contribution in [0.4, 0.5) is 0 Å². The quantitative estimate of drug-likeness (QED) is 0.177. The lowest BCUT2D eigenvalue weighted by atomic mass is 9.47. The summed E-state index contributed by atoms with van der Waals surface area (Å²) < 4.78 is 16.4. The molecule has 1 aliphatic heterocycles. The maximum absolute atomic E-state index is 14.1. The van der Waals surface area contributed by atoms with Crippen LogP contribution in [0, 0.1) is 34.0 Å². The molecule has 4 N–H and O–H groups in total. The van der Waals surface area contributed by atoms with Gasteiger partial charge in [-0.05, 0) is 107 Å². The highest BCUT2D eigenvalue weighted by atomic mass is 16.7. The molecular weight excluding hydrogens is 588 g/mol. The van der Waals surface area contributed by atoms with Crippen molar-refractivity contribution in [3.63, 3.8) is 0 Å². The molecule has 4 rings (SSSR count). The van der Waals surface area contributed by atoms with Crippen molar-refractivity contribution in [2.24, 2.45) is 34.0 Å². The van der Waals surface area contributed by atoms with E-state index in [-0.39, 0.29) is 34.1 Å². The second-order valence-corrected chi connectivity index (χ2v) is 15.4. The van der Waals surface area contributed by atoms with Crippen LogP contribution in [-0.2, 0) is 23.8 Å². The Labute approximate surface area is 275 Å². The Morgan fingerprint density at radius 1 is 1.02 bits per heavy atom. The predicted molar refractivity (Wildman–Crippen MR) is 174 cm³/mol. The third kappa shape index (κ3) is 6.51. The molecule has 1 heterocycles. The van der Waals surface area contributed by atoms with E-state index < -0.39 is 49.2 Å². The Bertz CT molecular complexity index is 1220. The van der Waals surface area contributed by atoms with Crippen LogP contribution in [0.1, 0.15) is 106 Å². The van der Waals surface area contributed by atoms with E-state index >= 15 is 0 Å². The van der Waals surface area contributed by atoms with E-state index in [1.54, 1.807) is 0 Å². The van der Waals surface area contributed by atoms with Gasteiger partial charge in [0.15, 0.2) is 0 Å². The largest absolute Gasteiger partial charge is 0.469 e. The van der Waals surface area contributed by atoms with Crippen molar-refractivity contribution in [3.8, 4) is 0 Å². The highest BCUT2D eigenvalue weighted by molar-refractivity contribution is 5.73. The van der Waals surface area contributed by atoms with E-state index in [1.807, 2.05) is 13.8 Å². The summed E-state index contributed by atoms with van der Waals surface area (Å²) in [5, 5.41) is 40.8. The molecule has 0 amide bonds. The van der Waals surface area contributed by atoms with Crippen molar-refractivity contribution in [2.45, 2.75) is 136 Å². The molecule has 11 atom stereocenters. The van der Waals surface area contributed by atoms with Crippen molar-refractivity contribution in [1.29, 1.82) is 0 Å². The number of esters is 2. The summed E-state index contributed by atoms with van der Waals surface area (Å²) in [6.45, 7) is 16.9. The van der Waals surface area contributed by atoms with E-state index in [4.69, 9.17) is 14.2 Å². The number of rotatable bonds is 11. The lowest BCUT2D eigenvalue weighted by Gasteiger charge is -2.57. The van der Waals surface area contributed by atoms with Crippen LogP contribution in [0.25, 0.3) is 0 Å². The summed E-state index contributed by atoms with van der Waals surface area (Å²) >= 11 is 0. The molecule has 2 fully saturated rings. The zero-order chi connectivity index (χ0) is 34.2. The van der Waals surface area contributed by atoms with Crippen molar-refractivity contribution in [1.82, 2.24) is 0 Å². The number of hydrogen-bond donors (Lipinski definition) is 4. The molecule has 260 valence electrons. The lowest BCUT2D eigenvalue weighted by molar-refractivity contribution is -0.294. The molecule has 0 radical (unpaired) electrons. The molecule has 0 spiro atoms. The van der Waals surface area contributed by atoms with E-state index in [0.717, 1.165) is 49.7 Å². The minimum atomic E-state index is -1.64. The topological polar surface area (TPSA) is 143 Å². The molecule has 9 nitrogen and oxygen atoms in total. The average Bonchev–Trinajstić information content (AvgIpc) is 3.28. The molecule has 9 heteroatoms. The highest BCUT2D eigenvalue weighted by Gasteiger charge is 2.62. The van der Waals surface area contributed by atoms with Gasteiger partial charge in [0.25, 0.3) is 0 Å². The van der Waals surface area contributed by atoms with Crippen LogP contribution in [0.2, 0.25) is 0 Å². The van der Waals surface area contributed by atoms with Gasteiger partial charge in [0.2, 0.25) is 6.29 Å². The van der Waals surface area contributed by atoms with Crippen molar-refractivity contribution in [2.75, 3.05) is 13.7 Å². The predicted octanol–water partition coefficient (Wildman–Crippen LogP) is 5.15. The number of carbonyl (C=O) groups is 2. The molecule has 0 aromatic heterocycles. The first-order valence-electron chi connectivity index (χ1n) is 17.1. The number of fused-ring (bicyclic) bond motifs is 2. The Hall–Kier alpha value is -2.04. The first kappa shape index (κ1) is 36.8. The molecule has 0 aromatic carbocycles. The van der Waals surface area contributed by atoms with Gasteiger partial charge in [-0.3, -0.25) is 9.59 Å². The van der Waals surface area contributed by atoms with Crippen LogP contribution in [0.15, 0.2) is 34.9 Å². The van der Waals surface area contributed by atoms with E-state index in [1.165, 1.54) is 18.3 Å². The third-order valence-corrected chi connectivity index (χ3v) is 12.7. The molecule has 1 saturated carbocycles. The molecule has 1 saturated heterocycles. The molecule has 46 heavy (non-hydrogen) atoms. The van der Waals surface area contributed by atoms with Gasteiger partial charge in [-0.1, -0.05) is 55.7 Å². The van der Waals surface area contributed by atoms with Crippen LogP contribution in [0.5, 0.6) is 0 Å². The summed E-state index contributed by atoms with van der Waals surface area (Å²) in [5.41, 5.74) is 4.72. The molecule has 0 aromatic rings. The van der Waals surface area contributed by atoms with Crippen LogP contribution >= 0.6 is 0 Å². The SMILES string of the molecule is C=C(C)[C@@H]1CCC2=C(CC[C@]3(C)[C@@H]([C@@H](CCC=C(C)C)C(=O)O[C@@H]4O[C@H](CO)[C@@H](O)[C@H](O)[C@H]4O)CC[C@@]23C)[C@@]1(C)CCC(=O)OC. The smallest absolute Gasteiger partial charge is 0.311 e. The number of aliphatic hydroxyl groups is 4. The van der Waals surface area contributed by atoms with E-state index in [9.17, 15) is 30.0 Å². The van der Waals surface area contributed by atoms with Gasteiger partial charge in [-0.2, -0.15) is 0 Å². The summed E-state index contributed by atoms with van der Waals surface area (Å²) in [7, 11) is 1.44. The molecule has 0 bridgehead atoms. The summed E-state index contributed by atoms with van der Waals surface area (Å²) in [6.07, 6.45) is 2.54.